The highest BCUT2D eigenvalue weighted by atomic mass is 16.7. The van der Waals surface area contributed by atoms with Crippen molar-refractivity contribution in [2.24, 2.45) is 0 Å². The number of aliphatic hydroxyl groups is 1. The predicted octanol–water partition coefficient (Wildman–Crippen LogP) is -0.0990. The third-order valence-electron chi connectivity index (χ3n) is 5.31. The van der Waals surface area contributed by atoms with Crippen LogP contribution < -0.4 is 5.32 Å². The number of likely N-dealkylation sites (tertiary alicyclic amines) is 1. The Morgan fingerprint density at radius 1 is 1.35 bits per heavy atom. The van der Waals surface area contributed by atoms with E-state index in [1.165, 1.54) is 0 Å². The number of aromatic nitrogens is 2. The molecule has 0 radical (unpaired) electrons. The van der Waals surface area contributed by atoms with E-state index >= 15 is 0 Å². The lowest BCUT2D eigenvalue weighted by Gasteiger charge is -2.41. The molecular weight excluding hydrogens is 296 g/mol. The lowest BCUT2D eigenvalue weighted by Crippen LogP contribution is -2.60. The summed E-state index contributed by atoms with van der Waals surface area (Å²) in [4.78, 5) is 2.34. The molecule has 0 spiro atoms. The zero-order chi connectivity index (χ0) is 16.0. The van der Waals surface area contributed by atoms with Crippen molar-refractivity contribution in [2.45, 2.75) is 56.4 Å². The summed E-state index contributed by atoms with van der Waals surface area (Å²) in [6.45, 7) is 4.70. The van der Waals surface area contributed by atoms with Crippen molar-refractivity contribution in [1.29, 1.82) is 0 Å². The summed E-state index contributed by atoms with van der Waals surface area (Å²) < 4.78 is 13.6. The SMILES string of the molecule is Cc1cnn([C@H]2[C@@H]3OC[C@@H](O3)[C@@H](NC3CCN(C)CC3)[C@@H]2O)c1. The molecule has 1 aromatic rings. The lowest BCUT2D eigenvalue weighted by molar-refractivity contribution is -0.169. The summed E-state index contributed by atoms with van der Waals surface area (Å²) in [6, 6.07) is 0.00878. The van der Waals surface area contributed by atoms with Crippen molar-refractivity contribution in [3.8, 4) is 0 Å². The molecule has 4 rings (SSSR count). The van der Waals surface area contributed by atoms with Gasteiger partial charge in [-0.3, -0.25) is 4.68 Å². The molecular formula is C16H26N4O3. The molecule has 0 unspecified atom stereocenters. The van der Waals surface area contributed by atoms with Crippen molar-refractivity contribution >= 4 is 0 Å². The largest absolute Gasteiger partial charge is 0.389 e. The van der Waals surface area contributed by atoms with Crippen LogP contribution in [-0.4, -0.2) is 77.1 Å². The van der Waals surface area contributed by atoms with Crippen molar-refractivity contribution in [3.05, 3.63) is 18.0 Å². The minimum Gasteiger partial charge on any atom is -0.389 e. The van der Waals surface area contributed by atoms with Gasteiger partial charge in [-0.15, -0.1) is 0 Å². The minimum absolute atomic E-state index is 0.0810. The van der Waals surface area contributed by atoms with Crippen LogP contribution in [0.15, 0.2) is 12.4 Å². The molecule has 3 aliphatic heterocycles. The third-order valence-corrected chi connectivity index (χ3v) is 5.31. The minimum atomic E-state index is -0.569. The zero-order valence-electron chi connectivity index (χ0n) is 13.8. The molecule has 1 aromatic heterocycles. The van der Waals surface area contributed by atoms with Crippen LogP contribution in [0, 0.1) is 6.92 Å². The number of fused-ring (bicyclic) bond motifs is 2. The second-order valence-corrected chi connectivity index (χ2v) is 7.13. The first-order chi connectivity index (χ1) is 11.1. The number of ether oxygens (including phenoxy) is 2. The van der Waals surface area contributed by atoms with Crippen molar-refractivity contribution in [2.75, 3.05) is 26.7 Å². The van der Waals surface area contributed by atoms with E-state index in [9.17, 15) is 5.11 Å². The highest BCUT2D eigenvalue weighted by molar-refractivity contribution is 5.06. The molecule has 0 saturated carbocycles. The van der Waals surface area contributed by atoms with E-state index in [1.807, 2.05) is 13.1 Å². The number of rotatable bonds is 3. The average Bonchev–Trinajstić information content (AvgIpc) is 3.14. The Morgan fingerprint density at radius 3 is 2.83 bits per heavy atom. The fraction of sp³-hybridized carbons (Fsp3) is 0.812. The van der Waals surface area contributed by atoms with Gasteiger partial charge in [0.15, 0.2) is 6.29 Å². The molecule has 0 aromatic carbocycles. The predicted molar refractivity (Wildman–Crippen MR) is 84.1 cm³/mol. The van der Waals surface area contributed by atoms with Crippen LogP contribution in [0.2, 0.25) is 0 Å². The molecule has 0 aliphatic carbocycles. The van der Waals surface area contributed by atoms with Crippen molar-refractivity contribution in [3.63, 3.8) is 0 Å². The molecule has 7 nitrogen and oxygen atoms in total. The topological polar surface area (TPSA) is 71.8 Å². The van der Waals surface area contributed by atoms with Crippen LogP contribution in [-0.2, 0) is 9.47 Å². The zero-order valence-corrected chi connectivity index (χ0v) is 13.8. The standard InChI is InChI=1S/C16H26N4O3/c1-10-7-17-20(8-10)14-15(21)13(12-9-22-16(14)23-12)18-11-3-5-19(2)6-4-11/h7-8,11-16,18,21H,3-6,9H2,1-2H3/t12-,13-,14-,15+,16-/m1/s1. The van der Waals surface area contributed by atoms with Crippen LogP contribution in [0.3, 0.4) is 0 Å². The number of hydrogen-bond donors (Lipinski definition) is 2. The number of nitrogens with one attached hydrogen (secondary N) is 1. The summed E-state index contributed by atoms with van der Waals surface area (Å²) in [5.74, 6) is 0. The summed E-state index contributed by atoms with van der Waals surface area (Å²) in [5.41, 5.74) is 1.07. The smallest absolute Gasteiger partial charge is 0.183 e. The van der Waals surface area contributed by atoms with Crippen LogP contribution in [0.1, 0.15) is 24.4 Å². The van der Waals surface area contributed by atoms with Crippen molar-refractivity contribution < 1.29 is 14.6 Å². The van der Waals surface area contributed by atoms with Gasteiger partial charge in [0.1, 0.15) is 12.1 Å². The molecule has 5 atom stereocenters. The maximum absolute atomic E-state index is 11.0. The van der Waals surface area contributed by atoms with Gasteiger partial charge in [-0.2, -0.15) is 5.10 Å². The van der Waals surface area contributed by atoms with Gasteiger partial charge in [-0.05, 0) is 45.5 Å². The molecule has 3 saturated heterocycles. The molecule has 0 amide bonds. The van der Waals surface area contributed by atoms with Crippen LogP contribution >= 0.6 is 0 Å². The van der Waals surface area contributed by atoms with E-state index in [0.29, 0.717) is 12.6 Å². The van der Waals surface area contributed by atoms with E-state index in [0.717, 1.165) is 31.5 Å². The monoisotopic (exact) mass is 322 g/mol. The maximum atomic E-state index is 11.0. The number of aliphatic hydroxyl groups excluding tert-OH is 1. The maximum Gasteiger partial charge on any atom is 0.183 e. The van der Waals surface area contributed by atoms with E-state index in [1.54, 1.807) is 10.9 Å². The summed E-state index contributed by atoms with van der Waals surface area (Å²) in [5, 5.41) is 19.0. The molecule has 7 heteroatoms. The Bertz CT molecular complexity index is 543. The number of hydrogen-bond acceptors (Lipinski definition) is 6. The molecule has 3 aliphatic rings. The summed E-state index contributed by atoms with van der Waals surface area (Å²) in [7, 11) is 2.15. The second-order valence-electron chi connectivity index (χ2n) is 7.13. The van der Waals surface area contributed by atoms with Gasteiger partial charge in [0.2, 0.25) is 0 Å². The van der Waals surface area contributed by atoms with Crippen LogP contribution in [0.5, 0.6) is 0 Å². The van der Waals surface area contributed by atoms with Gasteiger partial charge in [0.05, 0.1) is 24.9 Å². The first-order valence-electron chi connectivity index (χ1n) is 8.52. The van der Waals surface area contributed by atoms with Gasteiger partial charge in [-0.25, -0.2) is 0 Å². The highest BCUT2D eigenvalue weighted by Crippen LogP contribution is 2.36. The molecule has 23 heavy (non-hydrogen) atoms. The first kappa shape index (κ1) is 15.5. The molecule has 4 heterocycles. The fourth-order valence-electron chi connectivity index (χ4n) is 3.93. The van der Waals surface area contributed by atoms with Gasteiger partial charge in [0.25, 0.3) is 0 Å². The molecule has 2 N–H and O–H groups in total. The van der Waals surface area contributed by atoms with E-state index < -0.39 is 12.4 Å². The van der Waals surface area contributed by atoms with Crippen molar-refractivity contribution in [1.82, 2.24) is 20.0 Å². The Balaban J connectivity index is 1.50. The van der Waals surface area contributed by atoms with Crippen LogP contribution in [0.25, 0.3) is 0 Å². The first-order valence-corrected chi connectivity index (χ1v) is 8.52. The summed E-state index contributed by atoms with van der Waals surface area (Å²) in [6.07, 6.45) is 4.87. The molecule has 2 bridgehead atoms. The van der Waals surface area contributed by atoms with Gasteiger partial charge in [-0.1, -0.05) is 0 Å². The fourth-order valence-corrected chi connectivity index (χ4v) is 3.93. The van der Waals surface area contributed by atoms with Gasteiger partial charge >= 0.3 is 0 Å². The molecule has 3 fully saturated rings. The average molecular weight is 322 g/mol. The number of aryl methyl sites for hydroxylation is 1. The number of nitrogens with zero attached hydrogens (tertiary/aromatic N) is 3. The Hall–Kier alpha value is -0.990. The van der Waals surface area contributed by atoms with E-state index in [2.05, 4.69) is 22.4 Å². The number of piperidine rings is 1. The second kappa shape index (κ2) is 6.14. The highest BCUT2D eigenvalue weighted by Gasteiger charge is 2.51. The van der Waals surface area contributed by atoms with E-state index in [4.69, 9.17) is 9.47 Å². The lowest BCUT2D eigenvalue weighted by atomic mass is 9.93. The Morgan fingerprint density at radius 2 is 2.13 bits per heavy atom. The quantitative estimate of drug-likeness (QED) is 0.810. The normalized spacial score (nSPS) is 39.0. The van der Waals surface area contributed by atoms with Crippen LogP contribution in [0.4, 0.5) is 0 Å². The molecule has 128 valence electrons. The summed E-state index contributed by atoms with van der Waals surface area (Å²) >= 11 is 0. The Kier molecular flexibility index (Phi) is 4.15. The third kappa shape index (κ3) is 2.92. The Labute approximate surface area is 136 Å². The van der Waals surface area contributed by atoms with Gasteiger partial charge in [0, 0.05) is 12.2 Å². The van der Waals surface area contributed by atoms with Gasteiger partial charge < -0.3 is 24.8 Å². The van der Waals surface area contributed by atoms with E-state index in [-0.39, 0.29) is 18.2 Å².